The van der Waals surface area contributed by atoms with E-state index in [0.29, 0.717) is 11.8 Å². The van der Waals surface area contributed by atoms with E-state index in [1.165, 1.54) is 80.6 Å². The van der Waals surface area contributed by atoms with Crippen molar-refractivity contribution in [3.05, 3.63) is 211 Å². The molecule has 270 valence electrons. The molecule has 0 amide bonds. The molecular formula is C54H44N2. The van der Waals surface area contributed by atoms with Crippen molar-refractivity contribution in [2.45, 2.75) is 25.7 Å². The average Bonchev–Trinajstić information content (AvgIpc) is 3.26. The van der Waals surface area contributed by atoms with Crippen LogP contribution in [0.4, 0.5) is 28.4 Å². The number of anilines is 5. The Morgan fingerprint density at radius 1 is 0.375 bits per heavy atom. The third-order valence-electron chi connectivity index (χ3n) is 11.8. The SMILES string of the molecule is C1=CC2CCCCC2C=C1N(c1ccc(/C=C/c2ccc(N(c3ccc4ccccc4c3)c3ccc4ccccc4c3)cc2)cc1)c1ccc2ccccc2c1. The second-order valence-corrected chi connectivity index (χ2v) is 15.3. The highest BCUT2D eigenvalue weighted by Gasteiger charge is 2.26. The van der Waals surface area contributed by atoms with Gasteiger partial charge in [0.15, 0.2) is 0 Å². The van der Waals surface area contributed by atoms with E-state index in [4.69, 9.17) is 0 Å². The van der Waals surface area contributed by atoms with Crippen LogP contribution in [0.25, 0.3) is 44.5 Å². The molecule has 2 aliphatic rings. The van der Waals surface area contributed by atoms with Gasteiger partial charge < -0.3 is 9.80 Å². The third-order valence-corrected chi connectivity index (χ3v) is 11.8. The lowest BCUT2D eigenvalue weighted by atomic mass is 9.76. The number of hydrogen-bond donors (Lipinski definition) is 0. The summed E-state index contributed by atoms with van der Waals surface area (Å²) in [6, 6.07) is 64.0. The molecule has 2 unspecified atom stereocenters. The maximum absolute atomic E-state index is 2.54. The Morgan fingerprint density at radius 2 is 0.768 bits per heavy atom. The van der Waals surface area contributed by atoms with E-state index in [2.05, 4.69) is 216 Å². The van der Waals surface area contributed by atoms with Gasteiger partial charge >= 0.3 is 0 Å². The summed E-state index contributed by atoms with van der Waals surface area (Å²) in [4.78, 5) is 4.80. The predicted octanol–water partition coefficient (Wildman–Crippen LogP) is 15.2. The molecule has 8 aromatic carbocycles. The molecule has 1 fully saturated rings. The van der Waals surface area contributed by atoms with Crippen molar-refractivity contribution in [3.8, 4) is 0 Å². The summed E-state index contributed by atoms with van der Waals surface area (Å²) in [6.45, 7) is 0. The first-order valence-corrected chi connectivity index (χ1v) is 20.1. The Balaban J connectivity index is 0.938. The van der Waals surface area contributed by atoms with Crippen LogP contribution in [0, 0.1) is 11.8 Å². The Bertz CT molecular complexity index is 2690. The zero-order valence-corrected chi connectivity index (χ0v) is 31.5. The van der Waals surface area contributed by atoms with Crippen molar-refractivity contribution in [2.24, 2.45) is 11.8 Å². The van der Waals surface area contributed by atoms with Crippen LogP contribution in [0.1, 0.15) is 36.8 Å². The van der Waals surface area contributed by atoms with Gasteiger partial charge in [-0.2, -0.15) is 0 Å². The minimum Gasteiger partial charge on any atom is -0.311 e. The molecule has 2 aliphatic carbocycles. The summed E-state index contributed by atoms with van der Waals surface area (Å²) < 4.78 is 0. The maximum Gasteiger partial charge on any atom is 0.0468 e. The molecule has 0 bridgehead atoms. The lowest BCUT2D eigenvalue weighted by molar-refractivity contribution is 0.333. The number of fused-ring (bicyclic) bond motifs is 4. The highest BCUT2D eigenvalue weighted by molar-refractivity contribution is 5.93. The van der Waals surface area contributed by atoms with Crippen molar-refractivity contribution in [1.82, 2.24) is 0 Å². The molecule has 2 atom stereocenters. The number of nitrogens with zero attached hydrogens (tertiary/aromatic N) is 2. The number of benzene rings is 8. The molecule has 10 rings (SSSR count). The van der Waals surface area contributed by atoms with Gasteiger partial charge in [0.2, 0.25) is 0 Å². The largest absolute Gasteiger partial charge is 0.311 e. The second-order valence-electron chi connectivity index (χ2n) is 15.3. The first-order chi connectivity index (χ1) is 27.7. The first-order valence-electron chi connectivity index (χ1n) is 20.1. The van der Waals surface area contributed by atoms with Crippen LogP contribution < -0.4 is 9.80 Å². The molecule has 0 aromatic heterocycles. The topological polar surface area (TPSA) is 6.48 Å². The van der Waals surface area contributed by atoms with Gasteiger partial charge in [0, 0.05) is 34.1 Å². The van der Waals surface area contributed by atoms with Crippen LogP contribution in [-0.4, -0.2) is 0 Å². The highest BCUT2D eigenvalue weighted by atomic mass is 15.1. The molecular weight excluding hydrogens is 677 g/mol. The van der Waals surface area contributed by atoms with E-state index in [9.17, 15) is 0 Å². The highest BCUT2D eigenvalue weighted by Crippen LogP contribution is 2.41. The van der Waals surface area contributed by atoms with Crippen LogP contribution in [-0.2, 0) is 0 Å². The minimum atomic E-state index is 0.618. The summed E-state index contributed by atoms with van der Waals surface area (Å²) in [5, 5.41) is 7.46. The molecule has 0 saturated heterocycles. The van der Waals surface area contributed by atoms with Crippen LogP contribution in [0.5, 0.6) is 0 Å². The number of allylic oxidation sites excluding steroid dienone is 3. The number of rotatable bonds is 8. The number of hydrogen-bond acceptors (Lipinski definition) is 2. The van der Waals surface area contributed by atoms with Gasteiger partial charge in [0.05, 0.1) is 0 Å². The van der Waals surface area contributed by atoms with Crippen LogP contribution in [0.2, 0.25) is 0 Å². The summed E-state index contributed by atoms with van der Waals surface area (Å²) in [7, 11) is 0. The van der Waals surface area contributed by atoms with Gasteiger partial charge in [-0.25, -0.2) is 0 Å². The van der Waals surface area contributed by atoms with Crippen LogP contribution in [0.3, 0.4) is 0 Å². The lowest BCUT2D eigenvalue weighted by Crippen LogP contribution is -2.23. The molecule has 0 heterocycles. The summed E-state index contributed by atoms with van der Waals surface area (Å²) in [6.07, 6.45) is 17.1. The molecule has 1 saturated carbocycles. The Labute approximate surface area is 330 Å². The standard InChI is InChI=1S/C54H44N2/c1-5-13-45-35-51(31-23-41(45)9-1)55(52-32-24-42-10-2-6-14-46(42)36-52)49-27-19-39(20-28-49)17-18-40-21-29-50(30-22-40)56(53-33-25-43-11-3-7-15-47(43)37-53)54-34-26-44-12-4-8-16-48(44)38-54/h1-3,5-7,9-11,13-15,17-38,44,48H,4,8,12,16H2/b18-17+. The van der Waals surface area contributed by atoms with Crippen LogP contribution >= 0.6 is 0 Å². The molecule has 2 nitrogen and oxygen atoms in total. The second kappa shape index (κ2) is 14.9. The lowest BCUT2D eigenvalue weighted by Gasteiger charge is -2.34. The first kappa shape index (κ1) is 33.9. The quantitative estimate of drug-likeness (QED) is 0.144. The Morgan fingerprint density at radius 3 is 1.25 bits per heavy atom. The fourth-order valence-electron chi connectivity index (χ4n) is 8.78. The normalized spacial score (nSPS) is 16.6. The Kier molecular flexibility index (Phi) is 9.01. The van der Waals surface area contributed by atoms with Crippen molar-refractivity contribution in [3.63, 3.8) is 0 Å². The van der Waals surface area contributed by atoms with Crippen molar-refractivity contribution < 1.29 is 0 Å². The summed E-state index contributed by atoms with van der Waals surface area (Å²) >= 11 is 0. The molecule has 2 heteroatoms. The monoisotopic (exact) mass is 720 g/mol. The molecule has 0 N–H and O–H groups in total. The van der Waals surface area contributed by atoms with E-state index < -0.39 is 0 Å². The van der Waals surface area contributed by atoms with E-state index in [-0.39, 0.29) is 0 Å². The molecule has 0 spiro atoms. The van der Waals surface area contributed by atoms with Gasteiger partial charge in [-0.1, -0.05) is 152 Å². The summed E-state index contributed by atoms with van der Waals surface area (Å²) in [5.74, 6) is 1.29. The van der Waals surface area contributed by atoms with E-state index in [1.54, 1.807) is 0 Å². The molecule has 56 heavy (non-hydrogen) atoms. The van der Waals surface area contributed by atoms with Gasteiger partial charge in [-0.15, -0.1) is 0 Å². The van der Waals surface area contributed by atoms with Crippen molar-refractivity contribution in [1.29, 1.82) is 0 Å². The molecule has 0 aliphatic heterocycles. The third kappa shape index (κ3) is 6.80. The zero-order valence-electron chi connectivity index (χ0n) is 31.5. The van der Waals surface area contributed by atoms with Gasteiger partial charge in [-0.05, 0) is 135 Å². The predicted molar refractivity (Wildman–Crippen MR) is 240 cm³/mol. The van der Waals surface area contributed by atoms with Crippen molar-refractivity contribution >= 4 is 72.9 Å². The molecule has 0 radical (unpaired) electrons. The fraction of sp³-hybridized carbons (Fsp3) is 0.111. The van der Waals surface area contributed by atoms with E-state index >= 15 is 0 Å². The van der Waals surface area contributed by atoms with Crippen LogP contribution in [0.15, 0.2) is 200 Å². The maximum atomic E-state index is 2.54. The van der Waals surface area contributed by atoms with Crippen molar-refractivity contribution in [2.75, 3.05) is 9.80 Å². The van der Waals surface area contributed by atoms with E-state index in [1.807, 2.05) is 0 Å². The fourth-order valence-corrected chi connectivity index (χ4v) is 8.78. The Hall–Kier alpha value is -6.64. The average molecular weight is 721 g/mol. The van der Waals surface area contributed by atoms with Gasteiger partial charge in [-0.3, -0.25) is 0 Å². The molecule has 8 aromatic rings. The van der Waals surface area contributed by atoms with Gasteiger partial charge in [0.25, 0.3) is 0 Å². The van der Waals surface area contributed by atoms with E-state index in [0.717, 1.165) is 22.6 Å². The van der Waals surface area contributed by atoms with Gasteiger partial charge in [0.1, 0.15) is 0 Å². The smallest absolute Gasteiger partial charge is 0.0468 e. The minimum absolute atomic E-state index is 0.618. The summed E-state index contributed by atoms with van der Waals surface area (Å²) in [5.41, 5.74) is 9.37. The zero-order chi connectivity index (χ0) is 37.3.